The predicted octanol–water partition coefficient (Wildman–Crippen LogP) is 7.43. The minimum atomic E-state index is 1.03. The molecule has 3 heteroatoms. The summed E-state index contributed by atoms with van der Waals surface area (Å²) in [5, 5.41) is 2.93. The summed E-state index contributed by atoms with van der Waals surface area (Å²) in [7, 11) is 0. The molecule has 0 unspecified atom stereocenters. The molecule has 0 amide bonds. The second-order valence-electron chi connectivity index (χ2n) is 11.2. The van der Waals surface area contributed by atoms with E-state index in [0.717, 1.165) is 6.54 Å². The van der Waals surface area contributed by atoms with Gasteiger partial charge in [0.05, 0.1) is 0 Å². The highest BCUT2D eigenvalue weighted by Crippen LogP contribution is 2.31. The van der Waals surface area contributed by atoms with E-state index in [1.165, 1.54) is 149 Å². The fourth-order valence-corrected chi connectivity index (χ4v) is 6.55. The molecule has 2 aliphatic heterocycles. The Hall–Kier alpha value is -1.84. The average Bonchev–Trinajstić information content (AvgIpc) is 3.64. The summed E-state index contributed by atoms with van der Waals surface area (Å²) in [4.78, 5) is 5.30. The van der Waals surface area contributed by atoms with E-state index in [2.05, 4.69) is 57.7 Å². The Morgan fingerprint density at radius 3 is 1.46 bits per heavy atom. The molecular formula is C32H47N3. The van der Waals surface area contributed by atoms with Crippen LogP contribution in [0.2, 0.25) is 0 Å². The monoisotopic (exact) mass is 473 g/mol. The second-order valence-corrected chi connectivity index (χ2v) is 11.2. The van der Waals surface area contributed by atoms with Gasteiger partial charge >= 0.3 is 0 Å². The van der Waals surface area contributed by atoms with Crippen molar-refractivity contribution in [2.24, 2.45) is 0 Å². The number of hydrogen-bond acceptors (Lipinski definition) is 2. The molecule has 2 saturated heterocycles. The second kappa shape index (κ2) is 12.4. The van der Waals surface area contributed by atoms with Crippen molar-refractivity contribution in [3.63, 3.8) is 0 Å². The van der Waals surface area contributed by atoms with Gasteiger partial charge in [-0.25, -0.2) is 0 Å². The summed E-state index contributed by atoms with van der Waals surface area (Å²) in [6, 6.07) is 14.5. The van der Waals surface area contributed by atoms with E-state index < -0.39 is 0 Å². The first-order chi connectivity index (χ1) is 17.3. The highest BCUT2D eigenvalue weighted by atomic mass is 15.1. The van der Waals surface area contributed by atoms with Crippen molar-refractivity contribution >= 4 is 21.8 Å². The van der Waals surface area contributed by atoms with Crippen LogP contribution in [-0.4, -0.2) is 53.6 Å². The van der Waals surface area contributed by atoms with E-state index in [0.29, 0.717) is 0 Å². The summed E-state index contributed by atoms with van der Waals surface area (Å²) < 4.78 is 2.50. The average molecular weight is 474 g/mol. The van der Waals surface area contributed by atoms with Gasteiger partial charge in [-0.2, -0.15) is 0 Å². The number of rotatable bonds is 13. The van der Waals surface area contributed by atoms with Crippen LogP contribution < -0.4 is 0 Å². The van der Waals surface area contributed by atoms with Gasteiger partial charge in [-0.1, -0.05) is 25.0 Å². The number of fused-ring (bicyclic) bond motifs is 3. The van der Waals surface area contributed by atoms with Crippen molar-refractivity contribution in [3.8, 4) is 0 Å². The minimum absolute atomic E-state index is 1.03. The molecule has 0 radical (unpaired) electrons. The lowest BCUT2D eigenvalue weighted by atomic mass is 10.0. The Morgan fingerprint density at radius 2 is 1.03 bits per heavy atom. The first-order valence-electron chi connectivity index (χ1n) is 14.8. The highest BCUT2D eigenvalue weighted by Gasteiger charge is 2.13. The fraction of sp³-hybridized carbons (Fsp3) is 0.625. The molecule has 0 aliphatic carbocycles. The quantitative estimate of drug-likeness (QED) is 0.239. The number of unbranched alkanes of at least 4 members (excludes halogenated alkanes) is 4. The maximum Gasteiger partial charge on any atom is 0.0491 e. The molecule has 3 nitrogen and oxygen atoms in total. The van der Waals surface area contributed by atoms with Crippen LogP contribution >= 0.6 is 0 Å². The molecule has 3 heterocycles. The molecule has 5 rings (SSSR count). The third kappa shape index (κ3) is 6.30. The van der Waals surface area contributed by atoms with Crippen LogP contribution in [0.25, 0.3) is 21.8 Å². The van der Waals surface area contributed by atoms with E-state index in [1.54, 1.807) is 0 Å². The molecule has 190 valence electrons. The first kappa shape index (κ1) is 24.8. The van der Waals surface area contributed by atoms with Gasteiger partial charge in [0.15, 0.2) is 0 Å². The molecule has 0 atom stereocenters. The van der Waals surface area contributed by atoms with Gasteiger partial charge in [-0.3, -0.25) is 0 Å². The standard InChI is InChI=1S/C32H47N3/c1-2-35-31-17-15-27(13-5-3-7-19-33-21-9-10-22-33)25-29(31)30-26-28(16-18-32(30)35)14-6-4-8-20-34-23-11-12-24-34/h15-18,25-26H,2-14,19-24H2,1H3. The Kier molecular flexibility index (Phi) is 8.81. The van der Waals surface area contributed by atoms with Crippen molar-refractivity contribution in [2.75, 3.05) is 39.3 Å². The SMILES string of the molecule is CCn1c2ccc(CCCCCN3CCCC3)cc2c2cc(CCCCCN3CCCC3)ccc21. The van der Waals surface area contributed by atoms with Crippen molar-refractivity contribution in [3.05, 3.63) is 47.5 Å². The van der Waals surface area contributed by atoms with E-state index in [-0.39, 0.29) is 0 Å². The van der Waals surface area contributed by atoms with Crippen LogP contribution in [0.15, 0.2) is 36.4 Å². The van der Waals surface area contributed by atoms with Gasteiger partial charge in [0, 0.05) is 28.4 Å². The molecular weight excluding hydrogens is 426 g/mol. The van der Waals surface area contributed by atoms with Crippen LogP contribution in [0.3, 0.4) is 0 Å². The number of hydrogen-bond donors (Lipinski definition) is 0. The van der Waals surface area contributed by atoms with Crippen molar-refractivity contribution in [2.45, 2.75) is 90.5 Å². The Balaban J connectivity index is 1.19. The van der Waals surface area contributed by atoms with Crippen LogP contribution in [0.5, 0.6) is 0 Å². The lowest BCUT2D eigenvalue weighted by Crippen LogP contribution is -2.20. The number of benzene rings is 2. The number of likely N-dealkylation sites (tertiary alicyclic amines) is 2. The number of aryl methyl sites for hydroxylation is 3. The minimum Gasteiger partial charge on any atom is -0.341 e. The number of nitrogens with zero attached hydrogens (tertiary/aromatic N) is 3. The Morgan fingerprint density at radius 1 is 0.571 bits per heavy atom. The smallest absolute Gasteiger partial charge is 0.0491 e. The van der Waals surface area contributed by atoms with Gasteiger partial charge in [-0.05, 0) is 146 Å². The van der Waals surface area contributed by atoms with Gasteiger partial charge in [0.25, 0.3) is 0 Å². The molecule has 0 bridgehead atoms. The molecule has 0 N–H and O–H groups in total. The van der Waals surface area contributed by atoms with Crippen LogP contribution in [-0.2, 0) is 19.4 Å². The van der Waals surface area contributed by atoms with E-state index >= 15 is 0 Å². The van der Waals surface area contributed by atoms with Crippen molar-refractivity contribution in [1.82, 2.24) is 14.4 Å². The predicted molar refractivity (Wildman–Crippen MR) is 152 cm³/mol. The molecule has 2 fully saturated rings. The van der Waals surface area contributed by atoms with Crippen LogP contribution in [0, 0.1) is 0 Å². The zero-order valence-corrected chi connectivity index (χ0v) is 22.2. The maximum absolute atomic E-state index is 2.65. The Labute approximate surface area is 213 Å². The molecule has 35 heavy (non-hydrogen) atoms. The topological polar surface area (TPSA) is 11.4 Å². The number of aromatic nitrogens is 1. The molecule has 0 saturated carbocycles. The first-order valence-corrected chi connectivity index (χ1v) is 14.8. The largest absolute Gasteiger partial charge is 0.341 e. The van der Waals surface area contributed by atoms with Crippen molar-refractivity contribution in [1.29, 1.82) is 0 Å². The van der Waals surface area contributed by atoms with Crippen LogP contribution in [0.4, 0.5) is 0 Å². The molecule has 0 spiro atoms. The highest BCUT2D eigenvalue weighted by molar-refractivity contribution is 6.08. The summed E-state index contributed by atoms with van der Waals surface area (Å²) in [6.45, 7) is 11.3. The lowest BCUT2D eigenvalue weighted by molar-refractivity contribution is 0.328. The van der Waals surface area contributed by atoms with E-state index in [1.807, 2.05) is 0 Å². The van der Waals surface area contributed by atoms with Gasteiger partial charge in [0.1, 0.15) is 0 Å². The molecule has 1 aromatic heterocycles. The molecule has 2 aliphatic rings. The van der Waals surface area contributed by atoms with E-state index in [4.69, 9.17) is 0 Å². The normalized spacial score (nSPS) is 17.4. The van der Waals surface area contributed by atoms with Gasteiger partial charge in [-0.15, -0.1) is 0 Å². The lowest BCUT2D eigenvalue weighted by Gasteiger charge is -2.13. The Bertz CT molecular complexity index is 986. The zero-order chi connectivity index (χ0) is 23.9. The zero-order valence-electron chi connectivity index (χ0n) is 22.2. The summed E-state index contributed by atoms with van der Waals surface area (Å²) in [6.07, 6.45) is 16.1. The fourth-order valence-electron chi connectivity index (χ4n) is 6.55. The van der Waals surface area contributed by atoms with E-state index in [9.17, 15) is 0 Å². The summed E-state index contributed by atoms with van der Waals surface area (Å²) in [5.41, 5.74) is 5.84. The van der Waals surface area contributed by atoms with Gasteiger partial charge < -0.3 is 14.4 Å². The summed E-state index contributed by atoms with van der Waals surface area (Å²) >= 11 is 0. The van der Waals surface area contributed by atoms with Gasteiger partial charge in [0.2, 0.25) is 0 Å². The molecule has 3 aromatic rings. The maximum atomic E-state index is 2.65. The van der Waals surface area contributed by atoms with Crippen LogP contribution in [0.1, 0.15) is 82.3 Å². The summed E-state index contributed by atoms with van der Waals surface area (Å²) in [5.74, 6) is 0. The third-order valence-electron chi connectivity index (χ3n) is 8.59. The molecule has 2 aromatic carbocycles. The third-order valence-corrected chi connectivity index (χ3v) is 8.59. The van der Waals surface area contributed by atoms with Crippen molar-refractivity contribution < 1.29 is 0 Å².